The van der Waals surface area contributed by atoms with Gasteiger partial charge >= 0.3 is 0 Å². The molecule has 1 aromatic carbocycles. The minimum atomic E-state index is -0.399. The van der Waals surface area contributed by atoms with Crippen LogP contribution in [0, 0.1) is 12.8 Å². The van der Waals surface area contributed by atoms with Gasteiger partial charge in [-0.2, -0.15) is 0 Å². The summed E-state index contributed by atoms with van der Waals surface area (Å²) < 4.78 is 5.21. The first kappa shape index (κ1) is 17.5. The number of benzene rings is 1. The average Bonchev–Trinajstić information content (AvgIpc) is 3.02. The van der Waals surface area contributed by atoms with Crippen molar-refractivity contribution in [2.75, 3.05) is 7.11 Å². The second kappa shape index (κ2) is 7.27. The van der Waals surface area contributed by atoms with Crippen molar-refractivity contribution in [3.05, 3.63) is 50.7 Å². The lowest BCUT2D eigenvalue weighted by Gasteiger charge is -2.16. The highest BCUT2D eigenvalue weighted by Gasteiger charge is 2.21. The lowest BCUT2D eigenvalue weighted by atomic mass is 9.90. The Balaban J connectivity index is 1.66. The number of methoxy groups -OCH3 is 1. The van der Waals surface area contributed by atoms with Gasteiger partial charge in [0.05, 0.1) is 17.6 Å². The highest BCUT2D eigenvalue weighted by atomic mass is 32.1. The predicted octanol–water partition coefficient (Wildman–Crippen LogP) is 3.26. The van der Waals surface area contributed by atoms with Crippen molar-refractivity contribution in [3.63, 3.8) is 0 Å². The molecule has 0 fully saturated rings. The summed E-state index contributed by atoms with van der Waals surface area (Å²) in [5, 5.41) is 0. The van der Waals surface area contributed by atoms with E-state index in [9.17, 15) is 9.59 Å². The first-order chi connectivity index (χ1) is 12.0. The summed E-state index contributed by atoms with van der Waals surface area (Å²) in [5.74, 6) is 0.445. The van der Waals surface area contributed by atoms with Crippen LogP contribution in [-0.2, 0) is 12.8 Å². The van der Waals surface area contributed by atoms with E-state index in [0.29, 0.717) is 22.1 Å². The molecule has 1 heterocycles. The maximum atomic E-state index is 12.4. The van der Waals surface area contributed by atoms with Gasteiger partial charge in [0.1, 0.15) is 5.75 Å². The van der Waals surface area contributed by atoms with E-state index in [-0.39, 0.29) is 5.91 Å². The second-order valence-electron chi connectivity index (χ2n) is 6.52. The number of thiophene rings is 1. The molecule has 0 saturated heterocycles. The molecule has 2 amide bonds. The summed E-state index contributed by atoms with van der Waals surface area (Å²) in [7, 11) is 1.51. The van der Waals surface area contributed by atoms with Crippen LogP contribution in [-0.4, -0.2) is 18.9 Å². The Morgan fingerprint density at radius 2 is 1.96 bits per heavy atom. The zero-order valence-electron chi connectivity index (χ0n) is 14.6. The van der Waals surface area contributed by atoms with Gasteiger partial charge in [-0.05, 0) is 55.9 Å². The van der Waals surface area contributed by atoms with Gasteiger partial charge in [-0.3, -0.25) is 20.4 Å². The monoisotopic (exact) mass is 358 g/mol. The van der Waals surface area contributed by atoms with Crippen LogP contribution >= 0.6 is 11.3 Å². The molecule has 2 aromatic rings. The number of hydrogen-bond donors (Lipinski definition) is 2. The number of hydrazine groups is 1. The van der Waals surface area contributed by atoms with E-state index in [1.165, 1.54) is 35.3 Å². The number of amides is 2. The Hall–Kier alpha value is -2.34. The normalized spacial score (nSPS) is 16.0. The molecule has 0 unspecified atom stereocenters. The zero-order chi connectivity index (χ0) is 18.0. The number of nitrogens with one attached hydrogen (secondary N) is 2. The van der Waals surface area contributed by atoms with Crippen LogP contribution in [0.15, 0.2) is 24.3 Å². The Kier molecular flexibility index (Phi) is 5.08. The maximum absolute atomic E-state index is 12.4. The molecule has 0 bridgehead atoms. The van der Waals surface area contributed by atoms with Gasteiger partial charge in [-0.15, -0.1) is 11.3 Å². The summed E-state index contributed by atoms with van der Waals surface area (Å²) in [6.45, 7) is 4.13. The largest absolute Gasteiger partial charge is 0.496 e. The van der Waals surface area contributed by atoms with Crippen molar-refractivity contribution in [1.29, 1.82) is 0 Å². The first-order valence-electron chi connectivity index (χ1n) is 8.35. The number of carbonyl (C=O) groups is 2. The number of ether oxygens (including phenoxy) is 1. The number of rotatable bonds is 3. The maximum Gasteiger partial charge on any atom is 0.279 e. The fraction of sp³-hybridized carbons (Fsp3) is 0.368. The van der Waals surface area contributed by atoms with Gasteiger partial charge in [-0.1, -0.05) is 18.6 Å². The van der Waals surface area contributed by atoms with Crippen LogP contribution in [0.3, 0.4) is 0 Å². The van der Waals surface area contributed by atoms with Crippen molar-refractivity contribution in [2.24, 2.45) is 5.92 Å². The van der Waals surface area contributed by atoms with E-state index in [0.717, 1.165) is 18.4 Å². The molecule has 2 N–H and O–H groups in total. The summed E-state index contributed by atoms with van der Waals surface area (Å²) in [5.41, 5.74) is 7.58. The van der Waals surface area contributed by atoms with Crippen molar-refractivity contribution in [1.82, 2.24) is 10.9 Å². The molecule has 1 atom stereocenters. The molecule has 3 rings (SSSR count). The Bertz CT molecular complexity index is 813. The van der Waals surface area contributed by atoms with E-state index >= 15 is 0 Å². The quantitative estimate of drug-likeness (QED) is 0.828. The van der Waals surface area contributed by atoms with Crippen molar-refractivity contribution in [3.8, 4) is 5.75 Å². The molecule has 6 heteroatoms. The fourth-order valence-electron chi connectivity index (χ4n) is 3.06. The topological polar surface area (TPSA) is 67.4 Å². The number of hydrogen-bond acceptors (Lipinski definition) is 4. The van der Waals surface area contributed by atoms with Crippen LogP contribution in [0.25, 0.3) is 0 Å². The van der Waals surface area contributed by atoms with Crippen LogP contribution in [0.1, 0.15) is 49.4 Å². The molecule has 0 aliphatic heterocycles. The lowest BCUT2D eigenvalue weighted by Crippen LogP contribution is -2.41. The molecular weight excluding hydrogens is 336 g/mol. The SMILES string of the molecule is COc1ccc(C)cc1C(=O)NNC(=O)c1cc2c(s1)CC[C@@H](C)C2. The lowest BCUT2D eigenvalue weighted by molar-refractivity contribution is 0.0847. The van der Waals surface area contributed by atoms with Crippen molar-refractivity contribution in [2.45, 2.75) is 33.1 Å². The van der Waals surface area contributed by atoms with Crippen LogP contribution in [0.2, 0.25) is 0 Å². The van der Waals surface area contributed by atoms with E-state index in [1.807, 2.05) is 19.1 Å². The molecule has 0 spiro atoms. The predicted molar refractivity (Wildman–Crippen MR) is 98.2 cm³/mol. The van der Waals surface area contributed by atoms with Gasteiger partial charge in [0, 0.05) is 4.88 Å². The minimum absolute atomic E-state index is 0.285. The highest BCUT2D eigenvalue weighted by molar-refractivity contribution is 7.14. The summed E-state index contributed by atoms with van der Waals surface area (Å²) >= 11 is 1.52. The van der Waals surface area contributed by atoms with Crippen molar-refractivity contribution < 1.29 is 14.3 Å². The molecular formula is C19H22N2O3S. The second-order valence-corrected chi connectivity index (χ2v) is 7.66. The summed E-state index contributed by atoms with van der Waals surface area (Å²) in [6, 6.07) is 7.28. The van der Waals surface area contributed by atoms with Gasteiger partial charge in [0.15, 0.2) is 0 Å². The molecule has 25 heavy (non-hydrogen) atoms. The van der Waals surface area contributed by atoms with E-state index in [1.54, 1.807) is 12.1 Å². The molecule has 0 radical (unpaired) electrons. The fourth-order valence-corrected chi connectivity index (χ4v) is 4.16. The highest BCUT2D eigenvalue weighted by Crippen LogP contribution is 2.32. The van der Waals surface area contributed by atoms with Gasteiger partial charge in [0.2, 0.25) is 0 Å². The summed E-state index contributed by atoms with van der Waals surface area (Å²) in [6.07, 6.45) is 3.21. The number of carbonyl (C=O) groups excluding carboxylic acids is 2. The van der Waals surface area contributed by atoms with Gasteiger partial charge in [-0.25, -0.2) is 0 Å². The molecule has 1 aliphatic carbocycles. The van der Waals surface area contributed by atoms with Gasteiger partial charge < -0.3 is 4.74 Å². The van der Waals surface area contributed by atoms with Crippen LogP contribution in [0.4, 0.5) is 0 Å². The third-order valence-electron chi connectivity index (χ3n) is 4.44. The number of aryl methyl sites for hydroxylation is 2. The zero-order valence-corrected chi connectivity index (χ0v) is 15.5. The van der Waals surface area contributed by atoms with Gasteiger partial charge in [0.25, 0.3) is 11.8 Å². The Morgan fingerprint density at radius 3 is 2.72 bits per heavy atom. The average molecular weight is 358 g/mol. The molecule has 1 aliphatic rings. The van der Waals surface area contributed by atoms with E-state index < -0.39 is 5.91 Å². The third kappa shape index (κ3) is 3.85. The van der Waals surface area contributed by atoms with Crippen LogP contribution in [0.5, 0.6) is 5.75 Å². The minimum Gasteiger partial charge on any atom is -0.496 e. The Labute approximate surface area is 151 Å². The molecule has 132 valence electrons. The molecule has 1 aromatic heterocycles. The van der Waals surface area contributed by atoms with Crippen molar-refractivity contribution >= 4 is 23.2 Å². The third-order valence-corrected chi connectivity index (χ3v) is 5.68. The molecule has 5 nitrogen and oxygen atoms in total. The van der Waals surface area contributed by atoms with E-state index in [4.69, 9.17) is 4.74 Å². The van der Waals surface area contributed by atoms with Crippen LogP contribution < -0.4 is 15.6 Å². The smallest absolute Gasteiger partial charge is 0.279 e. The Morgan fingerprint density at radius 1 is 1.20 bits per heavy atom. The first-order valence-corrected chi connectivity index (χ1v) is 9.16. The number of fused-ring (bicyclic) bond motifs is 1. The van der Waals surface area contributed by atoms with E-state index in [2.05, 4.69) is 17.8 Å². The summed E-state index contributed by atoms with van der Waals surface area (Å²) in [4.78, 5) is 26.6. The molecule has 0 saturated carbocycles. The standard InChI is InChI=1S/C19H22N2O3S/c1-11-5-7-16-13(8-11)10-17(25-16)19(23)21-20-18(22)14-9-12(2)4-6-15(14)24-3/h4,6,9-11H,5,7-8H2,1-3H3,(H,20,22)(H,21,23)/t11-/m1/s1.